The quantitative estimate of drug-likeness (QED) is 0.109. The second-order valence-electron chi connectivity index (χ2n) is 7.49. The number of amides is 1. The van der Waals surface area contributed by atoms with Gasteiger partial charge in [-0.15, -0.1) is 0 Å². The van der Waals surface area contributed by atoms with E-state index in [4.69, 9.17) is 20.6 Å². The molecule has 0 aliphatic rings. The molecule has 0 radical (unpaired) electrons. The van der Waals surface area contributed by atoms with Gasteiger partial charge in [0.25, 0.3) is 5.91 Å². The average molecular weight is 472 g/mol. The van der Waals surface area contributed by atoms with Crippen LogP contribution < -0.4 is 31.4 Å². The molecule has 3 aromatic rings. The van der Waals surface area contributed by atoms with Gasteiger partial charge in [0.1, 0.15) is 36.6 Å². The van der Waals surface area contributed by atoms with Crippen LogP contribution in [-0.2, 0) is 4.79 Å². The first-order valence-corrected chi connectivity index (χ1v) is 10.9. The van der Waals surface area contributed by atoms with Gasteiger partial charge in [-0.25, -0.2) is 0 Å². The number of benzene rings is 3. The predicted octanol–water partition coefficient (Wildman–Crippen LogP) is 4.40. The van der Waals surface area contributed by atoms with Crippen LogP contribution in [0.3, 0.4) is 0 Å². The molecule has 1 atom stereocenters. The van der Waals surface area contributed by atoms with Gasteiger partial charge in [0.2, 0.25) is 0 Å². The zero-order valence-electron chi connectivity index (χ0n) is 19.3. The summed E-state index contributed by atoms with van der Waals surface area (Å²) in [7, 11) is 0. The van der Waals surface area contributed by atoms with Gasteiger partial charge in [0.15, 0.2) is 0 Å². The van der Waals surface area contributed by atoms with Crippen LogP contribution in [0.1, 0.15) is 17.2 Å². The summed E-state index contributed by atoms with van der Waals surface area (Å²) < 4.78 is 11.5. The molecule has 1 amide bonds. The summed E-state index contributed by atoms with van der Waals surface area (Å²) in [5, 5.41) is 10.8. The SMILES string of the molecule is C=CCOc1cc(OCC=C)cc(C(Nc2ccc(C(=N)N)cc2)C(=O)NNc2ccccc2)c1. The lowest BCUT2D eigenvalue weighted by atomic mass is 10.0. The fourth-order valence-corrected chi connectivity index (χ4v) is 3.18. The summed E-state index contributed by atoms with van der Waals surface area (Å²) in [6, 6.07) is 20.7. The van der Waals surface area contributed by atoms with E-state index in [0.29, 0.717) is 41.5 Å². The lowest BCUT2D eigenvalue weighted by Gasteiger charge is -2.22. The number of hydrazine groups is 1. The van der Waals surface area contributed by atoms with Crippen LogP contribution in [0.5, 0.6) is 11.5 Å². The summed E-state index contributed by atoms with van der Waals surface area (Å²) in [5.74, 6) is 0.696. The number of hydrogen-bond donors (Lipinski definition) is 5. The van der Waals surface area contributed by atoms with Crippen LogP contribution in [0.4, 0.5) is 11.4 Å². The van der Waals surface area contributed by atoms with E-state index in [1.165, 1.54) is 0 Å². The first-order chi connectivity index (χ1) is 17.0. The van der Waals surface area contributed by atoms with E-state index in [1.807, 2.05) is 30.3 Å². The molecule has 0 aliphatic heterocycles. The highest BCUT2D eigenvalue weighted by atomic mass is 16.5. The smallest absolute Gasteiger partial charge is 0.265 e. The van der Waals surface area contributed by atoms with Crippen molar-refractivity contribution in [2.75, 3.05) is 24.0 Å². The number of anilines is 2. The predicted molar refractivity (Wildman–Crippen MR) is 140 cm³/mol. The van der Waals surface area contributed by atoms with Gasteiger partial charge in [0, 0.05) is 17.3 Å². The highest BCUT2D eigenvalue weighted by Crippen LogP contribution is 2.29. The first-order valence-electron chi connectivity index (χ1n) is 10.9. The van der Waals surface area contributed by atoms with Crippen molar-refractivity contribution in [3.63, 3.8) is 0 Å². The molecule has 0 saturated carbocycles. The molecule has 6 N–H and O–H groups in total. The molecule has 8 nitrogen and oxygen atoms in total. The minimum absolute atomic E-state index is 0.0333. The molecule has 180 valence electrons. The van der Waals surface area contributed by atoms with E-state index in [9.17, 15) is 4.79 Å². The second kappa shape index (κ2) is 12.5. The number of nitrogen functional groups attached to an aromatic ring is 1. The lowest BCUT2D eigenvalue weighted by molar-refractivity contribution is -0.121. The van der Waals surface area contributed by atoms with Crippen LogP contribution in [0, 0.1) is 5.41 Å². The summed E-state index contributed by atoms with van der Waals surface area (Å²) in [6.45, 7) is 7.97. The molecule has 35 heavy (non-hydrogen) atoms. The molecular formula is C27H29N5O3. The van der Waals surface area contributed by atoms with Crippen molar-refractivity contribution in [3.05, 3.63) is 109 Å². The maximum Gasteiger partial charge on any atom is 0.265 e. The third-order valence-electron chi connectivity index (χ3n) is 4.84. The minimum Gasteiger partial charge on any atom is -0.489 e. The highest BCUT2D eigenvalue weighted by molar-refractivity contribution is 5.95. The van der Waals surface area contributed by atoms with E-state index in [1.54, 1.807) is 54.6 Å². The molecule has 0 heterocycles. The number of carbonyl (C=O) groups excluding carboxylic acids is 1. The van der Waals surface area contributed by atoms with Gasteiger partial charge >= 0.3 is 0 Å². The van der Waals surface area contributed by atoms with E-state index >= 15 is 0 Å². The Labute approximate surface area is 204 Å². The van der Waals surface area contributed by atoms with Crippen LogP contribution in [0.15, 0.2) is 98.1 Å². The Bertz CT molecular complexity index is 1130. The topological polar surface area (TPSA) is 121 Å². The standard InChI is InChI=1S/C27H29N5O3/c1-3-14-34-23-16-20(17-24(18-23)35-15-4-2)25(27(33)32-31-22-8-6-5-7-9-22)30-21-12-10-19(11-13-21)26(28)29/h3-13,16-18,25,30-31H,1-2,14-15H2,(H3,28,29)(H,32,33). The third-order valence-corrected chi connectivity index (χ3v) is 4.84. The molecular weight excluding hydrogens is 442 g/mol. The van der Waals surface area contributed by atoms with Crippen molar-refractivity contribution in [3.8, 4) is 11.5 Å². The van der Waals surface area contributed by atoms with Gasteiger partial charge in [-0.1, -0.05) is 43.5 Å². The largest absolute Gasteiger partial charge is 0.489 e. The number of rotatable bonds is 13. The Morgan fingerprint density at radius 3 is 2.06 bits per heavy atom. The Hall–Kier alpha value is -4.72. The molecule has 0 fully saturated rings. The Morgan fingerprint density at radius 1 is 0.914 bits per heavy atom. The number of hydrogen-bond acceptors (Lipinski definition) is 6. The average Bonchev–Trinajstić information content (AvgIpc) is 2.88. The summed E-state index contributed by atoms with van der Waals surface area (Å²) in [6.07, 6.45) is 3.28. The maximum atomic E-state index is 13.3. The van der Waals surface area contributed by atoms with Gasteiger partial charge in [0.05, 0.1) is 5.69 Å². The van der Waals surface area contributed by atoms with Gasteiger partial charge in [-0.2, -0.15) is 0 Å². The molecule has 3 aromatic carbocycles. The van der Waals surface area contributed by atoms with E-state index in [-0.39, 0.29) is 11.7 Å². The number of para-hydroxylation sites is 1. The fourth-order valence-electron chi connectivity index (χ4n) is 3.18. The number of ether oxygens (including phenoxy) is 2. The van der Waals surface area contributed by atoms with Crippen LogP contribution in [-0.4, -0.2) is 25.0 Å². The van der Waals surface area contributed by atoms with Crippen molar-refractivity contribution in [2.45, 2.75) is 6.04 Å². The van der Waals surface area contributed by atoms with Crippen molar-refractivity contribution in [1.82, 2.24) is 5.43 Å². The molecule has 0 saturated heterocycles. The highest BCUT2D eigenvalue weighted by Gasteiger charge is 2.23. The maximum absolute atomic E-state index is 13.3. The minimum atomic E-state index is -0.812. The molecule has 8 heteroatoms. The Kier molecular flexibility index (Phi) is 8.90. The van der Waals surface area contributed by atoms with E-state index < -0.39 is 6.04 Å². The summed E-state index contributed by atoms with van der Waals surface area (Å²) in [5.41, 5.74) is 13.9. The molecule has 3 rings (SSSR count). The van der Waals surface area contributed by atoms with Crippen LogP contribution >= 0.6 is 0 Å². The molecule has 0 aromatic heterocycles. The molecule has 0 aliphatic carbocycles. The second-order valence-corrected chi connectivity index (χ2v) is 7.49. The molecule has 0 bridgehead atoms. The summed E-state index contributed by atoms with van der Waals surface area (Å²) in [4.78, 5) is 13.3. The zero-order valence-corrected chi connectivity index (χ0v) is 19.3. The van der Waals surface area contributed by atoms with Crippen molar-refractivity contribution in [2.24, 2.45) is 5.73 Å². The number of nitrogens with one attached hydrogen (secondary N) is 4. The fraction of sp³-hybridized carbons (Fsp3) is 0.111. The van der Waals surface area contributed by atoms with Crippen LogP contribution in [0.2, 0.25) is 0 Å². The third kappa shape index (κ3) is 7.40. The summed E-state index contributed by atoms with van der Waals surface area (Å²) >= 11 is 0. The monoisotopic (exact) mass is 471 g/mol. The van der Waals surface area contributed by atoms with Crippen LogP contribution in [0.25, 0.3) is 0 Å². The van der Waals surface area contributed by atoms with Crippen molar-refractivity contribution < 1.29 is 14.3 Å². The number of amidine groups is 1. The van der Waals surface area contributed by atoms with Gasteiger partial charge < -0.3 is 20.5 Å². The van der Waals surface area contributed by atoms with Gasteiger partial charge in [-0.05, 0) is 54.1 Å². The van der Waals surface area contributed by atoms with Crippen molar-refractivity contribution >= 4 is 23.1 Å². The zero-order chi connectivity index (χ0) is 25.0. The Balaban J connectivity index is 1.93. The van der Waals surface area contributed by atoms with E-state index in [2.05, 4.69) is 29.3 Å². The van der Waals surface area contributed by atoms with E-state index in [0.717, 1.165) is 5.69 Å². The number of nitrogens with two attached hydrogens (primary N) is 1. The first kappa shape index (κ1) is 24.9. The van der Waals surface area contributed by atoms with Gasteiger partial charge in [-0.3, -0.25) is 21.1 Å². The lowest BCUT2D eigenvalue weighted by Crippen LogP contribution is -2.37. The Morgan fingerprint density at radius 2 is 1.51 bits per heavy atom. The molecule has 1 unspecified atom stereocenters. The normalized spacial score (nSPS) is 11.0. The van der Waals surface area contributed by atoms with Crippen molar-refractivity contribution in [1.29, 1.82) is 5.41 Å². The number of carbonyl (C=O) groups is 1. The molecule has 0 spiro atoms.